The minimum Gasteiger partial charge on any atom is -0.481 e. The van der Waals surface area contributed by atoms with Crippen molar-refractivity contribution in [2.75, 3.05) is 0 Å². The molecule has 18 heavy (non-hydrogen) atoms. The summed E-state index contributed by atoms with van der Waals surface area (Å²) in [7, 11) is 0. The van der Waals surface area contributed by atoms with Gasteiger partial charge in [0.1, 0.15) is 5.01 Å². The van der Waals surface area contributed by atoms with Gasteiger partial charge in [-0.3, -0.25) is 4.79 Å². The van der Waals surface area contributed by atoms with Crippen molar-refractivity contribution in [2.24, 2.45) is 5.92 Å². The van der Waals surface area contributed by atoms with Crippen LogP contribution in [0.3, 0.4) is 0 Å². The maximum absolute atomic E-state index is 11.3. The number of allylic oxidation sites excluding steroid dienone is 2. The predicted molar refractivity (Wildman–Crippen MR) is 67.5 cm³/mol. The molecule has 1 aliphatic carbocycles. The SMILES string of the molecule is O=C(O)[C@H]1CC=CC[C@H]1c1nc2nccnc2s1. The zero-order chi connectivity index (χ0) is 12.5. The largest absolute Gasteiger partial charge is 0.481 e. The Morgan fingerprint density at radius 2 is 2.06 bits per heavy atom. The van der Waals surface area contributed by atoms with Gasteiger partial charge in [-0.05, 0) is 12.8 Å². The van der Waals surface area contributed by atoms with Crippen molar-refractivity contribution < 1.29 is 9.90 Å². The zero-order valence-electron chi connectivity index (χ0n) is 9.48. The molecule has 2 atom stereocenters. The Morgan fingerprint density at radius 1 is 1.28 bits per heavy atom. The Balaban J connectivity index is 2.02. The highest BCUT2D eigenvalue weighted by Gasteiger charge is 2.32. The quantitative estimate of drug-likeness (QED) is 0.839. The van der Waals surface area contributed by atoms with Crippen molar-refractivity contribution in [2.45, 2.75) is 18.8 Å². The second-order valence-electron chi connectivity index (χ2n) is 4.23. The number of carbonyl (C=O) groups is 1. The van der Waals surface area contributed by atoms with Crippen LogP contribution in [0, 0.1) is 5.92 Å². The van der Waals surface area contributed by atoms with Crippen molar-refractivity contribution in [1.82, 2.24) is 15.0 Å². The molecule has 92 valence electrons. The maximum atomic E-state index is 11.3. The number of fused-ring (bicyclic) bond motifs is 1. The van der Waals surface area contributed by atoms with Crippen LogP contribution in [0.25, 0.3) is 10.5 Å². The first-order valence-electron chi connectivity index (χ1n) is 5.71. The molecule has 0 fully saturated rings. The van der Waals surface area contributed by atoms with Gasteiger partial charge in [-0.25, -0.2) is 15.0 Å². The number of aliphatic carboxylic acids is 1. The van der Waals surface area contributed by atoms with E-state index in [-0.39, 0.29) is 5.92 Å². The summed E-state index contributed by atoms with van der Waals surface area (Å²) in [5.41, 5.74) is 0.608. The van der Waals surface area contributed by atoms with E-state index in [1.807, 2.05) is 12.2 Å². The maximum Gasteiger partial charge on any atom is 0.307 e. The van der Waals surface area contributed by atoms with Gasteiger partial charge in [0.15, 0.2) is 10.5 Å². The Bertz CT molecular complexity index is 590. The standard InChI is InChI=1S/C12H11N3O2S/c16-12(17)8-4-2-1-3-7(8)10-15-9-11(18-10)14-6-5-13-9/h1-2,5-8H,3-4H2,(H,16,17)/t7-,8+/m1/s1. The summed E-state index contributed by atoms with van der Waals surface area (Å²) in [5.74, 6) is -1.21. The van der Waals surface area contributed by atoms with E-state index in [2.05, 4.69) is 15.0 Å². The topological polar surface area (TPSA) is 76.0 Å². The average Bonchev–Trinajstić information content (AvgIpc) is 2.82. The second kappa shape index (κ2) is 4.45. The lowest BCUT2D eigenvalue weighted by molar-refractivity contribution is -0.142. The van der Waals surface area contributed by atoms with E-state index in [4.69, 9.17) is 0 Å². The smallest absolute Gasteiger partial charge is 0.307 e. The molecular formula is C12H11N3O2S. The lowest BCUT2D eigenvalue weighted by Crippen LogP contribution is -2.23. The van der Waals surface area contributed by atoms with E-state index < -0.39 is 11.9 Å². The summed E-state index contributed by atoms with van der Waals surface area (Å²) in [6, 6.07) is 0. The highest BCUT2D eigenvalue weighted by Crippen LogP contribution is 2.37. The van der Waals surface area contributed by atoms with Gasteiger partial charge in [-0.1, -0.05) is 23.5 Å². The number of thiazole rings is 1. The molecule has 0 amide bonds. The monoisotopic (exact) mass is 261 g/mol. The molecule has 1 aliphatic rings. The van der Waals surface area contributed by atoms with Gasteiger partial charge in [-0.2, -0.15) is 0 Å². The second-order valence-corrected chi connectivity index (χ2v) is 5.24. The number of aromatic nitrogens is 3. The van der Waals surface area contributed by atoms with Crippen LogP contribution in [0.5, 0.6) is 0 Å². The van der Waals surface area contributed by atoms with Gasteiger partial charge < -0.3 is 5.11 Å². The predicted octanol–water partition coefficient (Wildman–Crippen LogP) is 2.22. The molecule has 0 saturated heterocycles. The summed E-state index contributed by atoms with van der Waals surface area (Å²) in [5, 5.41) is 10.1. The van der Waals surface area contributed by atoms with Gasteiger partial charge in [-0.15, -0.1) is 0 Å². The van der Waals surface area contributed by atoms with E-state index in [1.54, 1.807) is 12.4 Å². The van der Waals surface area contributed by atoms with Crippen LogP contribution in [0.4, 0.5) is 0 Å². The van der Waals surface area contributed by atoms with E-state index >= 15 is 0 Å². The number of carboxylic acid groups (broad SMARTS) is 1. The first kappa shape index (κ1) is 11.3. The molecule has 0 aliphatic heterocycles. The van der Waals surface area contributed by atoms with Gasteiger partial charge in [0.25, 0.3) is 0 Å². The molecule has 2 aromatic rings. The molecule has 0 bridgehead atoms. The van der Waals surface area contributed by atoms with Crippen LogP contribution in [0.1, 0.15) is 23.8 Å². The molecule has 2 aromatic heterocycles. The Kier molecular flexibility index (Phi) is 2.79. The molecule has 3 rings (SSSR count). The Hall–Kier alpha value is -1.82. The Labute approximate surface area is 107 Å². The summed E-state index contributed by atoms with van der Waals surface area (Å²) < 4.78 is 0. The van der Waals surface area contributed by atoms with Crippen molar-refractivity contribution in [1.29, 1.82) is 0 Å². The number of rotatable bonds is 2. The molecule has 6 heteroatoms. The summed E-state index contributed by atoms with van der Waals surface area (Å²) in [6.45, 7) is 0. The lowest BCUT2D eigenvalue weighted by atomic mass is 9.83. The molecule has 0 unspecified atom stereocenters. The number of hydrogen-bond donors (Lipinski definition) is 1. The fourth-order valence-corrected chi connectivity index (χ4v) is 3.26. The van der Waals surface area contributed by atoms with Gasteiger partial charge in [0, 0.05) is 18.3 Å². The minimum atomic E-state index is -0.760. The molecule has 0 radical (unpaired) electrons. The van der Waals surface area contributed by atoms with Crippen molar-refractivity contribution in [3.63, 3.8) is 0 Å². The number of hydrogen-bond acceptors (Lipinski definition) is 5. The first-order valence-corrected chi connectivity index (χ1v) is 6.52. The molecule has 2 heterocycles. The van der Waals surface area contributed by atoms with Crippen LogP contribution in [0.15, 0.2) is 24.5 Å². The highest BCUT2D eigenvalue weighted by atomic mass is 32.1. The molecule has 0 aromatic carbocycles. The van der Waals surface area contributed by atoms with Gasteiger partial charge in [0.05, 0.1) is 5.92 Å². The third kappa shape index (κ3) is 1.88. The number of carboxylic acids is 1. The van der Waals surface area contributed by atoms with Crippen molar-refractivity contribution in [3.05, 3.63) is 29.6 Å². The highest BCUT2D eigenvalue weighted by molar-refractivity contribution is 7.18. The number of nitrogens with zero attached hydrogens (tertiary/aromatic N) is 3. The van der Waals surface area contributed by atoms with Crippen LogP contribution in [0.2, 0.25) is 0 Å². The molecule has 0 saturated carbocycles. The van der Waals surface area contributed by atoms with E-state index in [0.29, 0.717) is 12.1 Å². The summed E-state index contributed by atoms with van der Waals surface area (Å²) in [4.78, 5) is 24.8. The van der Waals surface area contributed by atoms with Crippen LogP contribution in [-0.2, 0) is 4.79 Å². The van der Waals surface area contributed by atoms with Gasteiger partial charge in [0.2, 0.25) is 0 Å². The fourth-order valence-electron chi connectivity index (χ4n) is 2.21. The average molecular weight is 261 g/mol. The Morgan fingerprint density at radius 3 is 2.83 bits per heavy atom. The van der Waals surface area contributed by atoms with E-state index in [0.717, 1.165) is 16.3 Å². The molecular weight excluding hydrogens is 250 g/mol. The fraction of sp³-hybridized carbons (Fsp3) is 0.333. The summed E-state index contributed by atoms with van der Waals surface area (Å²) >= 11 is 1.44. The minimum absolute atomic E-state index is 0.0616. The third-order valence-corrected chi connectivity index (χ3v) is 4.22. The molecule has 1 N–H and O–H groups in total. The third-order valence-electron chi connectivity index (χ3n) is 3.13. The summed E-state index contributed by atoms with van der Waals surface area (Å²) in [6.07, 6.45) is 8.46. The van der Waals surface area contributed by atoms with Crippen molar-refractivity contribution >= 4 is 27.8 Å². The van der Waals surface area contributed by atoms with Crippen LogP contribution >= 0.6 is 11.3 Å². The lowest BCUT2D eigenvalue weighted by Gasteiger charge is -2.22. The van der Waals surface area contributed by atoms with Crippen LogP contribution < -0.4 is 0 Å². The van der Waals surface area contributed by atoms with E-state index in [9.17, 15) is 9.90 Å². The van der Waals surface area contributed by atoms with Crippen LogP contribution in [-0.4, -0.2) is 26.0 Å². The van der Waals surface area contributed by atoms with Gasteiger partial charge >= 0.3 is 5.97 Å². The van der Waals surface area contributed by atoms with Crippen molar-refractivity contribution in [3.8, 4) is 0 Å². The molecule has 5 nitrogen and oxygen atoms in total. The first-order chi connectivity index (χ1) is 8.75. The zero-order valence-corrected chi connectivity index (χ0v) is 10.3. The molecule has 0 spiro atoms. The van der Waals surface area contributed by atoms with E-state index in [1.165, 1.54) is 11.3 Å². The normalized spacial score (nSPS) is 23.3.